The summed E-state index contributed by atoms with van der Waals surface area (Å²) in [5.74, 6) is 0.883. The number of thiocarbonyl (C=S) groups is 1. The minimum Gasteiger partial charge on any atom is -0.467 e. The molecule has 0 saturated carbocycles. The van der Waals surface area contributed by atoms with Gasteiger partial charge in [0.1, 0.15) is 21.5 Å². The second kappa shape index (κ2) is 7.84. The summed E-state index contributed by atoms with van der Waals surface area (Å²) in [6.07, 6.45) is 4.80. The lowest BCUT2D eigenvalue weighted by Crippen LogP contribution is -2.34. The second-order valence-corrected chi connectivity index (χ2v) is 8.36. The molecule has 0 spiro atoms. The Morgan fingerprint density at radius 2 is 2.10 bits per heavy atom. The molecule has 29 heavy (non-hydrogen) atoms. The Morgan fingerprint density at radius 1 is 1.28 bits per heavy atom. The predicted molar refractivity (Wildman–Crippen MR) is 118 cm³/mol. The highest BCUT2D eigenvalue weighted by atomic mass is 32.2. The Kier molecular flexibility index (Phi) is 5.25. The zero-order valence-corrected chi connectivity index (χ0v) is 17.4. The number of pyridine rings is 1. The SMILES string of the molecule is CC(C)N1C(=O)/C(=C\c2c(NCc3ccco3)nc3ccccn3c2=O)SC1=S. The Labute approximate surface area is 176 Å². The number of hydrogen-bond acceptors (Lipinski definition) is 7. The fraction of sp³-hybridized carbons (Fsp3) is 0.200. The van der Waals surface area contributed by atoms with Crippen LogP contribution in [0.1, 0.15) is 25.2 Å². The Morgan fingerprint density at radius 3 is 2.79 bits per heavy atom. The topological polar surface area (TPSA) is 79.8 Å². The van der Waals surface area contributed by atoms with Crippen molar-refractivity contribution in [1.82, 2.24) is 14.3 Å². The first-order valence-electron chi connectivity index (χ1n) is 9.00. The van der Waals surface area contributed by atoms with Crippen LogP contribution in [-0.4, -0.2) is 30.6 Å². The van der Waals surface area contributed by atoms with E-state index >= 15 is 0 Å². The van der Waals surface area contributed by atoms with Gasteiger partial charge in [-0.1, -0.05) is 30.0 Å². The minimum atomic E-state index is -0.271. The molecule has 0 aromatic carbocycles. The number of thioether (sulfide) groups is 1. The third-order valence-corrected chi connectivity index (χ3v) is 5.72. The monoisotopic (exact) mass is 426 g/mol. The molecule has 0 bridgehead atoms. The van der Waals surface area contributed by atoms with Crippen LogP contribution in [0.5, 0.6) is 0 Å². The molecule has 1 amide bonds. The molecule has 1 aliphatic rings. The lowest BCUT2D eigenvalue weighted by molar-refractivity contribution is -0.123. The second-order valence-electron chi connectivity index (χ2n) is 6.69. The number of amides is 1. The molecule has 7 nitrogen and oxygen atoms in total. The molecule has 148 valence electrons. The Hall–Kier alpha value is -2.91. The van der Waals surface area contributed by atoms with Gasteiger partial charge in [-0.3, -0.25) is 18.9 Å². The van der Waals surface area contributed by atoms with Crippen molar-refractivity contribution in [1.29, 1.82) is 0 Å². The van der Waals surface area contributed by atoms with Crippen molar-refractivity contribution in [2.75, 3.05) is 5.32 Å². The van der Waals surface area contributed by atoms with Crippen LogP contribution in [0.4, 0.5) is 5.82 Å². The van der Waals surface area contributed by atoms with Gasteiger partial charge in [0.25, 0.3) is 11.5 Å². The first-order valence-corrected chi connectivity index (χ1v) is 10.2. The van der Waals surface area contributed by atoms with Crippen molar-refractivity contribution >= 4 is 51.7 Å². The van der Waals surface area contributed by atoms with Crippen LogP contribution in [0.15, 0.2) is 56.9 Å². The van der Waals surface area contributed by atoms with Crippen molar-refractivity contribution < 1.29 is 9.21 Å². The van der Waals surface area contributed by atoms with E-state index in [1.54, 1.807) is 41.6 Å². The summed E-state index contributed by atoms with van der Waals surface area (Å²) in [6.45, 7) is 4.16. The summed E-state index contributed by atoms with van der Waals surface area (Å²) in [7, 11) is 0. The van der Waals surface area contributed by atoms with Crippen LogP contribution in [0, 0.1) is 0 Å². The van der Waals surface area contributed by atoms with Gasteiger partial charge < -0.3 is 9.73 Å². The quantitative estimate of drug-likeness (QED) is 0.494. The van der Waals surface area contributed by atoms with Crippen molar-refractivity contribution in [3.8, 4) is 0 Å². The molecule has 1 N–H and O–H groups in total. The number of aromatic nitrogens is 2. The first kappa shape index (κ1) is 19.4. The Bertz CT molecular complexity index is 1180. The largest absolute Gasteiger partial charge is 0.467 e. The van der Waals surface area contributed by atoms with Crippen LogP contribution in [0.25, 0.3) is 11.7 Å². The van der Waals surface area contributed by atoms with E-state index in [-0.39, 0.29) is 17.5 Å². The van der Waals surface area contributed by atoms with E-state index in [0.29, 0.717) is 38.6 Å². The number of fused-ring (bicyclic) bond motifs is 1. The summed E-state index contributed by atoms with van der Waals surface area (Å²) in [4.78, 5) is 32.5. The van der Waals surface area contributed by atoms with Gasteiger partial charge in [0.15, 0.2) is 0 Å². The van der Waals surface area contributed by atoms with Crippen LogP contribution in [0.3, 0.4) is 0 Å². The molecule has 0 unspecified atom stereocenters. The van der Waals surface area contributed by atoms with Crippen LogP contribution >= 0.6 is 24.0 Å². The van der Waals surface area contributed by atoms with E-state index in [0.717, 1.165) is 0 Å². The van der Waals surface area contributed by atoms with E-state index in [1.165, 1.54) is 16.2 Å². The van der Waals surface area contributed by atoms with Gasteiger partial charge >= 0.3 is 0 Å². The number of nitrogens with one attached hydrogen (secondary N) is 1. The standard InChI is InChI=1S/C20H18N4O3S2/c1-12(2)24-19(26)15(29-20(24)28)10-14-17(21-11-13-6-5-9-27-13)22-16-7-3-4-8-23(16)18(14)25/h3-10,12,21H,11H2,1-2H3/b15-10+. The maximum absolute atomic E-state index is 13.1. The predicted octanol–water partition coefficient (Wildman–Crippen LogP) is 3.51. The number of anilines is 1. The molecule has 0 radical (unpaired) electrons. The highest BCUT2D eigenvalue weighted by molar-refractivity contribution is 8.26. The summed E-state index contributed by atoms with van der Waals surface area (Å²) in [6, 6.07) is 8.88. The lowest BCUT2D eigenvalue weighted by Gasteiger charge is -2.18. The van der Waals surface area contributed by atoms with Crippen LogP contribution in [-0.2, 0) is 11.3 Å². The number of rotatable bonds is 5. The summed E-state index contributed by atoms with van der Waals surface area (Å²) in [5.41, 5.74) is 0.531. The van der Waals surface area contributed by atoms with Gasteiger partial charge in [0, 0.05) is 12.2 Å². The highest BCUT2D eigenvalue weighted by Gasteiger charge is 2.34. The van der Waals surface area contributed by atoms with Crippen LogP contribution in [0.2, 0.25) is 0 Å². The maximum Gasteiger partial charge on any atom is 0.267 e. The number of furan rings is 1. The lowest BCUT2D eigenvalue weighted by atomic mass is 10.2. The smallest absolute Gasteiger partial charge is 0.267 e. The van der Waals surface area contributed by atoms with Crippen molar-refractivity contribution in [3.63, 3.8) is 0 Å². The molecular formula is C20H18N4O3S2. The van der Waals surface area contributed by atoms with Gasteiger partial charge in [-0.15, -0.1) is 0 Å². The first-order chi connectivity index (χ1) is 14.0. The normalized spacial score (nSPS) is 15.8. The summed E-state index contributed by atoms with van der Waals surface area (Å²) < 4.78 is 7.28. The van der Waals surface area contributed by atoms with E-state index < -0.39 is 0 Å². The zero-order chi connectivity index (χ0) is 20.5. The molecule has 1 aliphatic heterocycles. The third kappa shape index (κ3) is 3.70. The van der Waals surface area contributed by atoms with E-state index in [1.807, 2.05) is 26.0 Å². The average Bonchev–Trinajstić information content (AvgIpc) is 3.30. The molecule has 0 aliphatic carbocycles. The highest BCUT2D eigenvalue weighted by Crippen LogP contribution is 2.34. The molecule has 3 aromatic rings. The third-order valence-electron chi connectivity index (χ3n) is 4.39. The van der Waals surface area contributed by atoms with Crippen molar-refractivity contribution in [3.05, 3.63) is 69.4 Å². The molecule has 3 aromatic heterocycles. The molecule has 0 atom stereocenters. The molecule has 1 fully saturated rings. The van der Waals surface area contributed by atoms with Gasteiger partial charge in [-0.2, -0.15) is 0 Å². The van der Waals surface area contributed by atoms with E-state index in [9.17, 15) is 9.59 Å². The Balaban J connectivity index is 1.80. The number of hydrogen-bond donors (Lipinski definition) is 1. The van der Waals surface area contributed by atoms with Gasteiger partial charge in [-0.05, 0) is 44.2 Å². The van der Waals surface area contributed by atoms with Gasteiger partial charge in [-0.25, -0.2) is 4.98 Å². The number of nitrogens with zero attached hydrogens (tertiary/aromatic N) is 3. The molecule has 4 rings (SSSR count). The fourth-order valence-corrected chi connectivity index (χ4v) is 4.51. The van der Waals surface area contributed by atoms with Crippen molar-refractivity contribution in [2.24, 2.45) is 0 Å². The molecular weight excluding hydrogens is 408 g/mol. The van der Waals surface area contributed by atoms with Gasteiger partial charge in [0.05, 0.1) is 23.3 Å². The summed E-state index contributed by atoms with van der Waals surface area (Å²) >= 11 is 6.53. The van der Waals surface area contributed by atoms with Crippen molar-refractivity contribution in [2.45, 2.75) is 26.4 Å². The number of carbonyl (C=O) groups is 1. The molecule has 9 heteroatoms. The van der Waals surface area contributed by atoms with Crippen LogP contribution < -0.4 is 10.9 Å². The molecule has 4 heterocycles. The number of carbonyl (C=O) groups excluding carboxylic acids is 1. The molecule has 1 saturated heterocycles. The van der Waals surface area contributed by atoms with E-state index in [2.05, 4.69) is 10.3 Å². The summed E-state index contributed by atoms with van der Waals surface area (Å²) in [5, 5.41) is 3.15. The average molecular weight is 427 g/mol. The zero-order valence-electron chi connectivity index (χ0n) is 15.8. The maximum atomic E-state index is 13.1. The fourth-order valence-electron chi connectivity index (χ4n) is 3.01. The minimum absolute atomic E-state index is 0.0548. The van der Waals surface area contributed by atoms with Gasteiger partial charge in [0.2, 0.25) is 0 Å². The van der Waals surface area contributed by atoms with E-state index in [4.69, 9.17) is 16.6 Å².